The van der Waals surface area contributed by atoms with E-state index in [0.29, 0.717) is 5.11 Å². The number of nitrogens with zero attached hydrogens (tertiary/aromatic N) is 1. The molecule has 0 aliphatic heterocycles. The van der Waals surface area contributed by atoms with Gasteiger partial charge in [-0.15, -0.1) is 0 Å². The minimum Gasteiger partial charge on any atom is -0.362 e. The lowest BCUT2D eigenvalue weighted by Gasteiger charge is -2.09. The van der Waals surface area contributed by atoms with Crippen molar-refractivity contribution < 1.29 is 0 Å². The molecule has 0 spiro atoms. The summed E-state index contributed by atoms with van der Waals surface area (Å²) in [5.74, 6) is 0.958. The number of nitrogens with one attached hydrogen (secondary N) is 3. The molecule has 0 saturated heterocycles. The van der Waals surface area contributed by atoms with Gasteiger partial charge in [-0.25, -0.2) is 4.98 Å². The number of hydrogen-bond acceptors (Lipinski definition) is 2. The van der Waals surface area contributed by atoms with Crippen molar-refractivity contribution in [1.82, 2.24) is 15.3 Å². The predicted octanol–water partition coefficient (Wildman–Crippen LogP) is 1.94. The number of H-pyrrole nitrogens is 1. The first kappa shape index (κ1) is 11.6. The summed E-state index contributed by atoms with van der Waals surface area (Å²) in [5, 5.41) is 6.87. The first-order chi connectivity index (χ1) is 8.34. The predicted molar refractivity (Wildman–Crippen MR) is 73.0 cm³/mol. The Bertz CT molecular complexity index is 453. The molecular weight excluding hydrogens is 232 g/mol. The third-order valence-corrected chi connectivity index (χ3v) is 2.48. The summed E-state index contributed by atoms with van der Waals surface area (Å²) in [5.41, 5.74) is 0.989. The quantitative estimate of drug-likeness (QED) is 0.722. The summed E-state index contributed by atoms with van der Waals surface area (Å²) < 4.78 is 0. The van der Waals surface area contributed by atoms with Gasteiger partial charge in [-0.1, -0.05) is 18.2 Å². The second-order valence-electron chi connectivity index (χ2n) is 3.53. The molecule has 0 fully saturated rings. The van der Waals surface area contributed by atoms with Gasteiger partial charge in [-0.05, 0) is 24.4 Å². The minimum atomic E-state index is 0.628. The van der Waals surface area contributed by atoms with Crippen molar-refractivity contribution in [3.8, 4) is 0 Å². The van der Waals surface area contributed by atoms with Gasteiger partial charge in [0.05, 0.1) is 0 Å². The lowest BCUT2D eigenvalue weighted by Crippen LogP contribution is -2.30. The molecule has 2 rings (SSSR count). The number of rotatable bonds is 4. The molecule has 0 amide bonds. The van der Waals surface area contributed by atoms with Crippen molar-refractivity contribution >= 4 is 23.0 Å². The largest absolute Gasteiger partial charge is 0.362 e. The van der Waals surface area contributed by atoms with Crippen LogP contribution in [0.1, 0.15) is 5.82 Å². The summed E-state index contributed by atoms with van der Waals surface area (Å²) in [4.78, 5) is 7.18. The SMILES string of the molecule is S=C(NCCc1ncc[nH]1)Nc1ccccc1. The van der Waals surface area contributed by atoms with Gasteiger partial charge in [-0.3, -0.25) is 0 Å². The number of imidazole rings is 1. The maximum atomic E-state index is 5.18. The molecule has 0 aliphatic carbocycles. The average molecular weight is 246 g/mol. The standard InChI is InChI=1S/C12H14N4S/c17-12(16-10-4-2-1-3-5-10)15-7-6-11-13-8-9-14-11/h1-5,8-9H,6-7H2,(H,13,14)(H2,15,16,17). The number of aromatic nitrogens is 2. The van der Waals surface area contributed by atoms with Crippen LogP contribution in [0.15, 0.2) is 42.7 Å². The van der Waals surface area contributed by atoms with Gasteiger partial charge in [0.2, 0.25) is 0 Å². The summed E-state index contributed by atoms with van der Waals surface area (Å²) in [6.07, 6.45) is 4.38. The zero-order valence-electron chi connectivity index (χ0n) is 9.31. The normalized spacial score (nSPS) is 9.88. The molecular formula is C12H14N4S. The highest BCUT2D eigenvalue weighted by molar-refractivity contribution is 7.80. The van der Waals surface area contributed by atoms with E-state index in [1.54, 1.807) is 6.20 Å². The first-order valence-electron chi connectivity index (χ1n) is 5.43. The first-order valence-corrected chi connectivity index (χ1v) is 5.83. The maximum Gasteiger partial charge on any atom is 0.170 e. The fraction of sp³-hybridized carbons (Fsp3) is 0.167. The van der Waals surface area contributed by atoms with Gasteiger partial charge in [0, 0.05) is 31.0 Å². The van der Waals surface area contributed by atoms with Crippen LogP contribution in [0.2, 0.25) is 0 Å². The number of para-hydroxylation sites is 1. The Balaban J connectivity index is 1.71. The molecule has 0 bridgehead atoms. The van der Waals surface area contributed by atoms with Crippen LogP contribution in [0.3, 0.4) is 0 Å². The van der Waals surface area contributed by atoms with Gasteiger partial charge in [-0.2, -0.15) is 0 Å². The van der Waals surface area contributed by atoms with Gasteiger partial charge in [0.1, 0.15) is 5.82 Å². The Morgan fingerprint density at radius 2 is 2.12 bits per heavy atom. The highest BCUT2D eigenvalue weighted by atomic mass is 32.1. The Kier molecular flexibility index (Phi) is 4.10. The molecule has 1 aromatic heterocycles. The van der Waals surface area contributed by atoms with Crippen LogP contribution in [0, 0.1) is 0 Å². The molecule has 1 heterocycles. The van der Waals surface area contributed by atoms with Crippen molar-refractivity contribution in [2.75, 3.05) is 11.9 Å². The molecule has 88 valence electrons. The third kappa shape index (κ3) is 3.88. The van der Waals surface area contributed by atoms with Crippen LogP contribution in [0.25, 0.3) is 0 Å². The zero-order valence-corrected chi connectivity index (χ0v) is 10.1. The van der Waals surface area contributed by atoms with E-state index in [-0.39, 0.29) is 0 Å². The van der Waals surface area contributed by atoms with E-state index in [1.807, 2.05) is 36.5 Å². The molecule has 2 aromatic rings. The van der Waals surface area contributed by atoms with E-state index >= 15 is 0 Å². The van der Waals surface area contributed by atoms with Gasteiger partial charge < -0.3 is 15.6 Å². The van der Waals surface area contributed by atoms with Crippen LogP contribution in [-0.4, -0.2) is 21.6 Å². The molecule has 1 aromatic carbocycles. The van der Waals surface area contributed by atoms with E-state index in [9.17, 15) is 0 Å². The molecule has 3 N–H and O–H groups in total. The monoisotopic (exact) mass is 246 g/mol. The molecule has 0 saturated carbocycles. The number of aromatic amines is 1. The second-order valence-corrected chi connectivity index (χ2v) is 3.94. The van der Waals surface area contributed by atoms with Crippen LogP contribution in [-0.2, 0) is 6.42 Å². The van der Waals surface area contributed by atoms with Gasteiger partial charge >= 0.3 is 0 Å². The van der Waals surface area contributed by atoms with E-state index < -0.39 is 0 Å². The highest BCUT2D eigenvalue weighted by Crippen LogP contribution is 2.04. The lowest BCUT2D eigenvalue weighted by atomic mass is 10.3. The van der Waals surface area contributed by atoms with Gasteiger partial charge in [0.15, 0.2) is 5.11 Å². The highest BCUT2D eigenvalue weighted by Gasteiger charge is 1.97. The Labute approximate surface area is 105 Å². The van der Waals surface area contributed by atoms with Crippen LogP contribution < -0.4 is 10.6 Å². The molecule has 17 heavy (non-hydrogen) atoms. The number of anilines is 1. The average Bonchev–Trinajstić information content (AvgIpc) is 2.83. The molecule has 5 heteroatoms. The molecule has 4 nitrogen and oxygen atoms in total. The molecule has 0 unspecified atom stereocenters. The summed E-state index contributed by atoms with van der Waals surface area (Å²) in [7, 11) is 0. The summed E-state index contributed by atoms with van der Waals surface area (Å²) >= 11 is 5.18. The number of hydrogen-bond donors (Lipinski definition) is 3. The maximum absolute atomic E-state index is 5.18. The van der Waals surface area contributed by atoms with Crippen LogP contribution in [0.4, 0.5) is 5.69 Å². The van der Waals surface area contributed by atoms with E-state index in [4.69, 9.17) is 12.2 Å². The Hall–Kier alpha value is -1.88. The minimum absolute atomic E-state index is 0.628. The fourth-order valence-corrected chi connectivity index (χ4v) is 1.65. The van der Waals surface area contributed by atoms with Crippen molar-refractivity contribution in [2.45, 2.75) is 6.42 Å². The topological polar surface area (TPSA) is 52.7 Å². The molecule has 0 aliphatic rings. The number of benzene rings is 1. The molecule has 0 radical (unpaired) electrons. The Morgan fingerprint density at radius 1 is 1.29 bits per heavy atom. The van der Waals surface area contributed by atoms with Crippen molar-refractivity contribution in [2.24, 2.45) is 0 Å². The smallest absolute Gasteiger partial charge is 0.170 e. The number of thiocarbonyl (C=S) groups is 1. The van der Waals surface area contributed by atoms with Crippen molar-refractivity contribution in [3.63, 3.8) is 0 Å². The lowest BCUT2D eigenvalue weighted by molar-refractivity contribution is 0.828. The van der Waals surface area contributed by atoms with Crippen molar-refractivity contribution in [1.29, 1.82) is 0 Å². The summed E-state index contributed by atoms with van der Waals surface area (Å²) in [6.45, 7) is 0.756. The van der Waals surface area contributed by atoms with E-state index in [1.165, 1.54) is 0 Å². The second kappa shape index (κ2) is 6.00. The zero-order chi connectivity index (χ0) is 11.9. The third-order valence-electron chi connectivity index (χ3n) is 2.23. The Morgan fingerprint density at radius 3 is 2.82 bits per heavy atom. The van der Waals surface area contributed by atoms with Crippen LogP contribution >= 0.6 is 12.2 Å². The van der Waals surface area contributed by atoms with Crippen molar-refractivity contribution in [3.05, 3.63) is 48.5 Å². The molecule has 0 atom stereocenters. The van der Waals surface area contributed by atoms with Gasteiger partial charge in [0.25, 0.3) is 0 Å². The van der Waals surface area contributed by atoms with E-state index in [0.717, 1.165) is 24.5 Å². The summed E-state index contributed by atoms with van der Waals surface area (Å²) in [6, 6.07) is 9.85. The fourth-order valence-electron chi connectivity index (χ4n) is 1.43. The van der Waals surface area contributed by atoms with Crippen LogP contribution in [0.5, 0.6) is 0 Å². The van der Waals surface area contributed by atoms with E-state index in [2.05, 4.69) is 20.6 Å².